The number of sulfonamides is 1. The van der Waals surface area contributed by atoms with Crippen LogP contribution in [0.2, 0.25) is 10.0 Å². The Labute approximate surface area is 203 Å². The maximum atomic E-state index is 13.7. The number of amides is 1. The number of halogens is 3. The summed E-state index contributed by atoms with van der Waals surface area (Å²) in [5.41, 5.74) is 3.07. The molecular formula is C24H23Cl2FN2O3S. The van der Waals surface area contributed by atoms with Crippen molar-refractivity contribution in [2.24, 2.45) is 0 Å². The molecule has 174 valence electrons. The molecular weight excluding hydrogens is 486 g/mol. The lowest BCUT2D eigenvalue weighted by Gasteiger charge is -2.24. The molecule has 0 spiro atoms. The molecule has 0 saturated heterocycles. The monoisotopic (exact) mass is 508 g/mol. The predicted octanol–water partition coefficient (Wildman–Crippen LogP) is 5.89. The minimum absolute atomic E-state index is 0.0378. The fraction of sp³-hybridized carbons (Fsp3) is 0.208. The summed E-state index contributed by atoms with van der Waals surface area (Å²) < 4.78 is 41.9. The van der Waals surface area contributed by atoms with E-state index in [0.29, 0.717) is 21.7 Å². The second-order valence-corrected chi connectivity index (χ2v) is 10.5. The Kier molecular flexibility index (Phi) is 7.80. The van der Waals surface area contributed by atoms with Gasteiger partial charge in [0.2, 0.25) is 15.9 Å². The molecule has 3 aromatic carbocycles. The van der Waals surface area contributed by atoms with E-state index < -0.39 is 28.3 Å². The first-order chi connectivity index (χ1) is 15.5. The van der Waals surface area contributed by atoms with Gasteiger partial charge in [-0.2, -0.15) is 4.31 Å². The molecule has 0 aliphatic rings. The number of hydrogen-bond acceptors (Lipinski definition) is 3. The Morgan fingerprint density at radius 2 is 1.58 bits per heavy atom. The van der Waals surface area contributed by atoms with Crippen molar-refractivity contribution < 1.29 is 17.6 Å². The first-order valence-electron chi connectivity index (χ1n) is 10.0. The Bertz CT molecular complexity index is 1270. The number of nitrogens with zero attached hydrogens (tertiary/aromatic N) is 1. The number of hydrogen-bond donors (Lipinski definition) is 1. The summed E-state index contributed by atoms with van der Waals surface area (Å²) in [6.07, 6.45) is 0. The topological polar surface area (TPSA) is 66.5 Å². The summed E-state index contributed by atoms with van der Waals surface area (Å²) in [6, 6.07) is 14.1. The number of aryl methyl sites for hydroxylation is 3. The quantitative estimate of drug-likeness (QED) is 0.432. The van der Waals surface area contributed by atoms with Crippen molar-refractivity contribution in [1.29, 1.82) is 0 Å². The van der Waals surface area contributed by atoms with Crippen molar-refractivity contribution in [2.75, 3.05) is 11.9 Å². The third-order valence-electron chi connectivity index (χ3n) is 5.00. The third kappa shape index (κ3) is 6.12. The van der Waals surface area contributed by atoms with Gasteiger partial charge < -0.3 is 5.32 Å². The molecule has 0 bridgehead atoms. The van der Waals surface area contributed by atoms with Crippen LogP contribution in [0.5, 0.6) is 0 Å². The highest BCUT2D eigenvalue weighted by Gasteiger charge is 2.30. The Morgan fingerprint density at radius 3 is 2.15 bits per heavy atom. The maximum absolute atomic E-state index is 13.7. The van der Waals surface area contributed by atoms with Crippen LogP contribution < -0.4 is 5.32 Å². The summed E-state index contributed by atoms with van der Waals surface area (Å²) in [7, 11) is -4.04. The maximum Gasteiger partial charge on any atom is 0.244 e. The molecule has 0 aliphatic heterocycles. The predicted molar refractivity (Wildman–Crippen MR) is 130 cm³/mol. The number of nitrogens with one attached hydrogen (secondary N) is 1. The van der Waals surface area contributed by atoms with Crippen LogP contribution in [0.1, 0.15) is 22.3 Å². The first-order valence-corrected chi connectivity index (χ1v) is 12.2. The van der Waals surface area contributed by atoms with E-state index in [2.05, 4.69) is 5.32 Å². The molecule has 0 fully saturated rings. The molecule has 0 atom stereocenters. The second kappa shape index (κ2) is 10.2. The second-order valence-electron chi connectivity index (χ2n) is 7.80. The molecule has 0 radical (unpaired) electrons. The summed E-state index contributed by atoms with van der Waals surface area (Å²) in [5.74, 6) is -1.20. The zero-order chi connectivity index (χ0) is 24.3. The van der Waals surface area contributed by atoms with E-state index in [0.717, 1.165) is 15.9 Å². The summed E-state index contributed by atoms with van der Waals surface area (Å²) in [4.78, 5) is 13.0. The van der Waals surface area contributed by atoms with Crippen LogP contribution in [0.4, 0.5) is 10.1 Å². The molecule has 0 saturated carbocycles. The van der Waals surface area contributed by atoms with Gasteiger partial charge in [-0.15, -0.1) is 0 Å². The molecule has 0 heterocycles. The van der Waals surface area contributed by atoms with Gasteiger partial charge in [-0.05, 0) is 67.8 Å². The molecule has 0 unspecified atom stereocenters. The SMILES string of the molecule is Cc1cc(C)c(S(=O)(=O)N(CC(=O)Nc2ccc(F)c(Cl)c2)Cc2ccc(Cl)cc2)c(C)c1. The van der Waals surface area contributed by atoms with Gasteiger partial charge in [-0.25, -0.2) is 12.8 Å². The number of carbonyl (C=O) groups is 1. The van der Waals surface area contributed by atoms with E-state index in [9.17, 15) is 17.6 Å². The van der Waals surface area contributed by atoms with Crippen LogP contribution in [0.25, 0.3) is 0 Å². The van der Waals surface area contributed by atoms with Crippen LogP contribution in [-0.4, -0.2) is 25.2 Å². The van der Waals surface area contributed by atoms with Gasteiger partial charge in [0.1, 0.15) is 5.82 Å². The molecule has 1 N–H and O–H groups in total. The number of anilines is 1. The number of carbonyl (C=O) groups excluding carboxylic acids is 1. The molecule has 1 amide bonds. The highest BCUT2D eigenvalue weighted by Crippen LogP contribution is 2.27. The zero-order valence-electron chi connectivity index (χ0n) is 18.3. The standard InChI is InChI=1S/C24H23Cl2FN2O3S/c1-15-10-16(2)24(17(3)11-15)33(31,32)29(13-18-4-6-19(25)7-5-18)14-23(30)28-20-8-9-22(27)21(26)12-20/h4-12H,13-14H2,1-3H3,(H,28,30). The molecule has 0 aliphatic carbocycles. The highest BCUT2D eigenvalue weighted by molar-refractivity contribution is 7.89. The first kappa shape index (κ1) is 25.2. The van der Waals surface area contributed by atoms with Crippen molar-refractivity contribution in [3.8, 4) is 0 Å². The minimum Gasteiger partial charge on any atom is -0.325 e. The van der Waals surface area contributed by atoms with Crippen molar-refractivity contribution in [1.82, 2.24) is 4.31 Å². The Balaban J connectivity index is 1.95. The van der Waals surface area contributed by atoms with E-state index in [1.807, 2.05) is 6.92 Å². The van der Waals surface area contributed by atoms with Crippen LogP contribution in [0.3, 0.4) is 0 Å². The van der Waals surface area contributed by atoms with E-state index in [1.54, 1.807) is 50.2 Å². The summed E-state index contributed by atoms with van der Waals surface area (Å²) in [5, 5.41) is 2.95. The van der Waals surface area contributed by atoms with E-state index in [-0.39, 0.29) is 22.2 Å². The van der Waals surface area contributed by atoms with Crippen molar-refractivity contribution in [3.05, 3.63) is 92.7 Å². The van der Waals surface area contributed by atoms with Gasteiger partial charge in [0.25, 0.3) is 0 Å². The molecule has 0 aromatic heterocycles. The van der Waals surface area contributed by atoms with Crippen LogP contribution >= 0.6 is 23.2 Å². The molecule has 33 heavy (non-hydrogen) atoms. The fourth-order valence-electron chi connectivity index (χ4n) is 3.66. The largest absolute Gasteiger partial charge is 0.325 e. The number of benzene rings is 3. The molecule has 3 rings (SSSR count). The normalized spacial score (nSPS) is 11.6. The van der Waals surface area contributed by atoms with Crippen LogP contribution in [0, 0.1) is 26.6 Å². The highest BCUT2D eigenvalue weighted by atomic mass is 35.5. The molecule has 5 nitrogen and oxygen atoms in total. The van der Waals surface area contributed by atoms with Crippen molar-refractivity contribution in [2.45, 2.75) is 32.2 Å². The number of rotatable bonds is 7. The fourth-order valence-corrected chi connectivity index (χ4v) is 5.76. The lowest BCUT2D eigenvalue weighted by molar-refractivity contribution is -0.116. The van der Waals surface area contributed by atoms with Gasteiger partial charge in [0.05, 0.1) is 16.5 Å². The average molecular weight is 509 g/mol. The lowest BCUT2D eigenvalue weighted by atomic mass is 10.1. The van der Waals surface area contributed by atoms with E-state index in [4.69, 9.17) is 23.2 Å². The smallest absolute Gasteiger partial charge is 0.244 e. The zero-order valence-corrected chi connectivity index (χ0v) is 20.7. The van der Waals surface area contributed by atoms with Crippen molar-refractivity contribution in [3.63, 3.8) is 0 Å². The van der Waals surface area contributed by atoms with Gasteiger partial charge in [-0.3, -0.25) is 4.79 Å². The minimum atomic E-state index is -4.04. The van der Waals surface area contributed by atoms with E-state index >= 15 is 0 Å². The van der Waals surface area contributed by atoms with Crippen LogP contribution in [0.15, 0.2) is 59.5 Å². The summed E-state index contributed by atoms with van der Waals surface area (Å²) >= 11 is 11.7. The Morgan fingerprint density at radius 1 is 0.970 bits per heavy atom. The van der Waals surface area contributed by atoms with Gasteiger partial charge in [-0.1, -0.05) is 53.0 Å². The average Bonchev–Trinajstić information content (AvgIpc) is 2.71. The van der Waals surface area contributed by atoms with Gasteiger partial charge in [0.15, 0.2) is 0 Å². The van der Waals surface area contributed by atoms with Crippen LogP contribution in [-0.2, 0) is 21.4 Å². The van der Waals surface area contributed by atoms with E-state index in [1.165, 1.54) is 12.1 Å². The third-order valence-corrected chi connectivity index (χ3v) is 7.64. The lowest BCUT2D eigenvalue weighted by Crippen LogP contribution is -2.38. The molecule has 3 aromatic rings. The molecule has 9 heteroatoms. The summed E-state index contributed by atoms with van der Waals surface area (Å²) in [6.45, 7) is 4.86. The Hall–Kier alpha value is -2.45. The van der Waals surface area contributed by atoms with Crippen molar-refractivity contribution >= 4 is 44.8 Å². The van der Waals surface area contributed by atoms with Gasteiger partial charge in [0, 0.05) is 17.3 Å². The van der Waals surface area contributed by atoms with Gasteiger partial charge >= 0.3 is 0 Å².